The molecule has 0 bridgehead atoms. The monoisotopic (exact) mass is 825 g/mol. The molecule has 0 fully saturated rings. The number of carbonyl (C=O) groups is 3. The summed E-state index contributed by atoms with van der Waals surface area (Å²) >= 11 is 0. The number of ether oxygens (including phenoxy) is 3. The van der Waals surface area contributed by atoms with Crippen LogP contribution in [0.5, 0.6) is 35.3 Å². The van der Waals surface area contributed by atoms with Crippen LogP contribution >= 0.6 is 0 Å². The molecule has 324 valence electrons. The van der Waals surface area contributed by atoms with Crippen molar-refractivity contribution in [3.63, 3.8) is 0 Å². The fraction of sp³-hybridized carbons (Fsp3) is 0.500. The zero-order valence-electron chi connectivity index (χ0n) is 38.6. The first-order valence-corrected chi connectivity index (χ1v) is 20.1. The van der Waals surface area contributed by atoms with Gasteiger partial charge in [0.15, 0.2) is 0 Å². The van der Waals surface area contributed by atoms with E-state index < -0.39 is 50.4 Å². The van der Waals surface area contributed by atoms with E-state index in [-0.39, 0.29) is 52.0 Å². The number of carboxylic acids is 3. The fourth-order valence-electron chi connectivity index (χ4n) is 7.04. The van der Waals surface area contributed by atoms with Gasteiger partial charge in [0, 0.05) is 0 Å². The molecule has 3 N–H and O–H groups in total. The van der Waals surface area contributed by atoms with E-state index in [2.05, 4.69) is 15.0 Å². The van der Waals surface area contributed by atoms with Crippen molar-refractivity contribution >= 4 is 17.9 Å². The summed E-state index contributed by atoms with van der Waals surface area (Å²) in [5.41, 5.74) is 0.287. The fourth-order valence-corrected chi connectivity index (χ4v) is 7.04. The maximum atomic E-state index is 12.7. The summed E-state index contributed by atoms with van der Waals surface area (Å²) in [4.78, 5) is 51.8. The van der Waals surface area contributed by atoms with Crippen LogP contribution in [-0.4, -0.2) is 48.2 Å². The first kappa shape index (κ1) is 47.2. The van der Waals surface area contributed by atoms with E-state index in [4.69, 9.17) is 14.2 Å². The highest BCUT2D eigenvalue weighted by Gasteiger charge is 2.34. The molecule has 0 aliphatic carbocycles. The molecule has 0 saturated carbocycles. The topological polar surface area (TPSA) is 178 Å². The van der Waals surface area contributed by atoms with Gasteiger partial charge in [-0.2, -0.15) is 0 Å². The normalized spacial score (nSPS) is 12.9. The van der Waals surface area contributed by atoms with Crippen molar-refractivity contribution in [1.29, 1.82) is 0 Å². The molecule has 0 atom stereocenters. The van der Waals surface area contributed by atoms with Crippen molar-refractivity contribution in [3.05, 3.63) is 86.5 Å². The summed E-state index contributed by atoms with van der Waals surface area (Å²) in [7, 11) is 0. The summed E-state index contributed by atoms with van der Waals surface area (Å²) in [6.07, 6.45) is 0. The maximum Gasteiger partial charge on any atom is 0.336 e. The number of aromatic carboxylic acids is 3. The number of hydrogen-bond donors (Lipinski definition) is 3. The predicted octanol–water partition coefficient (Wildman–Crippen LogP) is 12.1. The Morgan fingerprint density at radius 1 is 0.350 bits per heavy atom. The van der Waals surface area contributed by atoms with Crippen LogP contribution in [0.4, 0.5) is 0 Å². The molecule has 0 amide bonds. The molecular formula is C48H63N3O9. The van der Waals surface area contributed by atoms with Gasteiger partial charge in [-0.25, -0.2) is 14.4 Å². The molecule has 0 saturated heterocycles. The third-order valence-corrected chi connectivity index (χ3v) is 10.0. The minimum atomic E-state index is -1.06. The molecule has 0 aliphatic heterocycles. The highest BCUT2D eigenvalue weighted by atomic mass is 16.5. The van der Waals surface area contributed by atoms with E-state index in [0.29, 0.717) is 33.4 Å². The van der Waals surface area contributed by atoms with Gasteiger partial charge in [-0.3, -0.25) is 0 Å². The molecule has 4 rings (SSSR count). The number of aromatic nitrogens is 3. The minimum absolute atomic E-state index is 0.189. The second kappa shape index (κ2) is 15.8. The highest BCUT2D eigenvalue weighted by Crippen LogP contribution is 2.42. The maximum absolute atomic E-state index is 12.7. The van der Waals surface area contributed by atoms with Crippen molar-refractivity contribution < 1.29 is 43.9 Å². The molecule has 4 aromatic rings. The molecular weight excluding hydrogens is 763 g/mol. The van der Waals surface area contributed by atoms with Gasteiger partial charge in [-0.15, -0.1) is 15.0 Å². The third kappa shape index (κ3) is 10.6. The lowest BCUT2D eigenvalue weighted by Crippen LogP contribution is -2.24. The van der Waals surface area contributed by atoms with Crippen molar-refractivity contribution in [1.82, 2.24) is 15.0 Å². The Balaban J connectivity index is 2.05. The molecule has 0 radical (unpaired) electrons. The van der Waals surface area contributed by atoms with Gasteiger partial charge in [0.05, 0.1) is 16.7 Å². The van der Waals surface area contributed by atoms with Crippen molar-refractivity contribution in [2.75, 3.05) is 0 Å². The lowest BCUT2D eigenvalue weighted by atomic mass is 9.76. The average Bonchev–Trinajstić information content (AvgIpc) is 3.04. The van der Waals surface area contributed by atoms with Crippen molar-refractivity contribution in [2.45, 2.75) is 157 Å². The van der Waals surface area contributed by atoms with E-state index in [1.54, 1.807) is 36.4 Å². The minimum Gasteiger partial charge on any atom is -0.478 e. The van der Waals surface area contributed by atoms with Crippen LogP contribution in [0.2, 0.25) is 0 Å². The van der Waals surface area contributed by atoms with Gasteiger partial charge in [-0.05, 0) is 102 Å². The number of nitrogens with zero attached hydrogens (tertiary/aromatic N) is 3. The lowest BCUT2D eigenvalue weighted by Gasteiger charge is -2.29. The van der Waals surface area contributed by atoms with Crippen molar-refractivity contribution in [2.24, 2.45) is 0 Å². The molecule has 1 aromatic heterocycles. The number of benzene rings is 3. The van der Waals surface area contributed by atoms with Crippen LogP contribution in [0.3, 0.4) is 0 Å². The van der Waals surface area contributed by atoms with Crippen LogP contribution in [0.1, 0.15) is 189 Å². The average molecular weight is 826 g/mol. The van der Waals surface area contributed by atoms with Gasteiger partial charge in [0.1, 0.15) is 17.2 Å². The van der Waals surface area contributed by atoms with E-state index in [0.717, 1.165) is 0 Å². The second-order valence-electron chi connectivity index (χ2n) is 21.6. The summed E-state index contributed by atoms with van der Waals surface area (Å²) in [6.45, 7) is 34.6. The van der Waals surface area contributed by atoms with Crippen molar-refractivity contribution in [3.8, 4) is 35.3 Å². The Hall–Kier alpha value is -5.52. The van der Waals surface area contributed by atoms with E-state index in [1.165, 1.54) is 0 Å². The Kier molecular flexibility index (Phi) is 12.4. The van der Waals surface area contributed by atoms with Crippen LogP contribution < -0.4 is 14.2 Å². The van der Waals surface area contributed by atoms with Gasteiger partial charge in [-0.1, -0.05) is 125 Å². The molecule has 1 heterocycles. The second-order valence-corrected chi connectivity index (χ2v) is 21.6. The van der Waals surface area contributed by atoms with Gasteiger partial charge in [0.2, 0.25) is 0 Å². The number of rotatable bonds is 9. The van der Waals surface area contributed by atoms with Gasteiger partial charge < -0.3 is 29.5 Å². The van der Waals surface area contributed by atoms with Crippen LogP contribution in [0.25, 0.3) is 0 Å². The summed E-state index contributed by atoms with van der Waals surface area (Å²) in [6, 6.07) is 9.27. The summed E-state index contributed by atoms with van der Waals surface area (Å²) in [5, 5.41) is 31.2. The van der Waals surface area contributed by atoms with E-state index in [1.807, 2.05) is 125 Å². The zero-order valence-corrected chi connectivity index (χ0v) is 38.6. The van der Waals surface area contributed by atoms with Crippen LogP contribution in [-0.2, 0) is 32.5 Å². The molecule has 3 aromatic carbocycles. The Bertz CT molecular complexity index is 1960. The molecule has 60 heavy (non-hydrogen) atoms. The molecule has 12 nitrogen and oxygen atoms in total. The van der Waals surface area contributed by atoms with E-state index in [9.17, 15) is 29.7 Å². The predicted molar refractivity (Wildman–Crippen MR) is 232 cm³/mol. The van der Waals surface area contributed by atoms with Crippen LogP contribution in [0.15, 0.2) is 36.4 Å². The molecule has 12 heteroatoms. The first-order valence-electron chi connectivity index (χ1n) is 20.1. The molecule has 0 spiro atoms. The highest BCUT2D eigenvalue weighted by molar-refractivity contribution is 5.94. The number of hydrogen-bond acceptors (Lipinski definition) is 9. The molecule has 0 unspecified atom stereocenters. The Labute approximate surface area is 354 Å². The smallest absolute Gasteiger partial charge is 0.336 e. The van der Waals surface area contributed by atoms with Gasteiger partial charge >= 0.3 is 35.9 Å². The third-order valence-electron chi connectivity index (χ3n) is 10.0. The summed E-state index contributed by atoms with van der Waals surface area (Å²) in [5.74, 6) is -2.36. The van der Waals surface area contributed by atoms with Gasteiger partial charge in [0.25, 0.3) is 0 Å². The lowest BCUT2D eigenvalue weighted by molar-refractivity contribution is 0.0680. The SMILES string of the molecule is CC(C)(C)c1cc(Oc2nc(Oc3cc(C(C)(C)C)c(C(=O)O)c(C(C)(C)C)c3)nc(Oc3cc(C(C)(C)C)c(C(=O)O)c(C(C)(C)C)c3)n2)cc(C(C)(C)C)c1C(=O)O. The Morgan fingerprint density at radius 2 is 0.500 bits per heavy atom. The summed E-state index contributed by atoms with van der Waals surface area (Å²) < 4.78 is 19.2. The molecule has 0 aliphatic rings. The number of carboxylic acid groups (broad SMARTS) is 3. The first-order chi connectivity index (χ1) is 27.0. The quantitative estimate of drug-likeness (QED) is 0.146. The largest absolute Gasteiger partial charge is 0.478 e. The standard InChI is InChI=1S/C48H63N3O9/c1-43(2,3)28-19-25(20-29(44(4,5)6)34(28)37(52)53)58-40-49-41(59-26-21-30(45(7,8)9)35(38(54)55)31(22-26)46(10,11)12)51-42(50-40)60-27-23-32(47(13,14)15)36(39(56)57)33(24-27)48(16,17)18/h19-24H,1-18H3,(H,52,53)(H,54,55)(H,56,57). The Morgan fingerprint density at radius 3 is 0.617 bits per heavy atom. The van der Waals surface area contributed by atoms with Crippen LogP contribution in [0, 0.1) is 0 Å². The van der Waals surface area contributed by atoms with E-state index >= 15 is 0 Å². The zero-order chi connectivity index (χ0) is 45.9.